The highest BCUT2D eigenvalue weighted by Crippen LogP contribution is 2.34. The van der Waals surface area contributed by atoms with Gasteiger partial charge in [-0.2, -0.15) is 0 Å². The number of rotatable bonds is 4. The minimum absolute atomic E-state index is 0.0452. The Kier molecular flexibility index (Phi) is 4.83. The van der Waals surface area contributed by atoms with Crippen LogP contribution in [0.15, 0.2) is 18.3 Å². The summed E-state index contributed by atoms with van der Waals surface area (Å²) in [5, 5.41) is 10.6. The predicted octanol–water partition coefficient (Wildman–Crippen LogP) is 3.25. The van der Waals surface area contributed by atoms with Crippen LogP contribution in [-0.4, -0.2) is 11.5 Å². The normalized spacial score (nSPS) is 10.2. The number of terminal acetylenes is 1. The fourth-order valence-electron chi connectivity index (χ4n) is 1.07. The predicted molar refractivity (Wildman–Crippen MR) is 66.8 cm³/mol. The van der Waals surface area contributed by atoms with Crippen molar-refractivity contribution < 1.29 is 9.66 Å². The van der Waals surface area contributed by atoms with E-state index in [9.17, 15) is 10.1 Å². The van der Waals surface area contributed by atoms with Crippen molar-refractivity contribution in [1.82, 2.24) is 0 Å². The van der Waals surface area contributed by atoms with Crippen molar-refractivity contribution in [2.75, 3.05) is 6.61 Å². The zero-order chi connectivity index (χ0) is 12.8. The number of hydrogen-bond acceptors (Lipinski definition) is 3. The molecule has 1 rings (SSSR count). The van der Waals surface area contributed by atoms with Crippen LogP contribution in [0.4, 0.5) is 0 Å². The molecule has 0 N–H and O–H groups in total. The Balaban J connectivity index is 3.01. The summed E-state index contributed by atoms with van der Waals surface area (Å²) in [6.07, 6.45) is 7.12. The summed E-state index contributed by atoms with van der Waals surface area (Å²) >= 11 is 11.8. The van der Waals surface area contributed by atoms with Gasteiger partial charge in [-0.3, -0.25) is 10.1 Å². The van der Waals surface area contributed by atoms with Crippen LogP contribution in [0.3, 0.4) is 0 Å². The molecule has 0 spiro atoms. The molecule has 6 heteroatoms. The van der Waals surface area contributed by atoms with Gasteiger partial charge in [-0.05, 0) is 17.7 Å². The van der Waals surface area contributed by atoms with Gasteiger partial charge in [0.25, 0.3) is 0 Å². The highest BCUT2D eigenvalue weighted by atomic mass is 35.5. The summed E-state index contributed by atoms with van der Waals surface area (Å²) in [6.45, 7) is 0.0452. The average molecular weight is 272 g/mol. The fourth-order valence-corrected chi connectivity index (χ4v) is 1.69. The second kappa shape index (κ2) is 6.14. The van der Waals surface area contributed by atoms with Crippen LogP contribution in [0.5, 0.6) is 5.75 Å². The third kappa shape index (κ3) is 3.99. The Morgan fingerprint density at radius 2 is 2.06 bits per heavy atom. The van der Waals surface area contributed by atoms with Crippen LogP contribution in [0.2, 0.25) is 10.0 Å². The molecule has 17 heavy (non-hydrogen) atoms. The van der Waals surface area contributed by atoms with Gasteiger partial charge in [-0.15, -0.1) is 6.42 Å². The van der Waals surface area contributed by atoms with Crippen molar-refractivity contribution in [3.63, 3.8) is 0 Å². The highest BCUT2D eigenvalue weighted by molar-refractivity contribution is 6.37. The van der Waals surface area contributed by atoms with Gasteiger partial charge < -0.3 is 4.74 Å². The molecule has 0 amide bonds. The maximum absolute atomic E-state index is 10.2. The molecule has 0 radical (unpaired) electrons. The Bertz CT molecular complexity index is 483. The number of ether oxygens (including phenoxy) is 1. The molecule has 0 fully saturated rings. The molecule has 4 nitrogen and oxygen atoms in total. The smallest absolute Gasteiger partial charge is 0.235 e. The molecule has 0 bridgehead atoms. The monoisotopic (exact) mass is 271 g/mol. The van der Waals surface area contributed by atoms with E-state index in [1.54, 1.807) is 0 Å². The standard InChI is InChI=1S/C11H7Cl2NO3/c1-2-5-17-11-9(12)6-8(7-10(11)13)3-4-14(15)16/h1,3-4,6-7H,5H2. The summed E-state index contributed by atoms with van der Waals surface area (Å²) in [5.74, 6) is 2.55. The quantitative estimate of drug-likeness (QED) is 0.480. The minimum atomic E-state index is -0.579. The van der Waals surface area contributed by atoms with E-state index >= 15 is 0 Å². The summed E-state index contributed by atoms with van der Waals surface area (Å²) in [5.41, 5.74) is 0.504. The van der Waals surface area contributed by atoms with E-state index in [-0.39, 0.29) is 22.4 Å². The third-order valence-electron chi connectivity index (χ3n) is 1.71. The Morgan fingerprint density at radius 3 is 2.53 bits per heavy atom. The number of nitro groups is 1. The van der Waals surface area contributed by atoms with Gasteiger partial charge in [0.05, 0.1) is 15.0 Å². The lowest BCUT2D eigenvalue weighted by molar-refractivity contribution is -0.400. The van der Waals surface area contributed by atoms with Crippen LogP contribution in [-0.2, 0) is 0 Å². The van der Waals surface area contributed by atoms with Crippen LogP contribution in [0.25, 0.3) is 6.08 Å². The van der Waals surface area contributed by atoms with Crippen LogP contribution >= 0.6 is 23.2 Å². The molecule has 0 aliphatic heterocycles. The van der Waals surface area contributed by atoms with Gasteiger partial charge in [0.2, 0.25) is 6.20 Å². The lowest BCUT2D eigenvalue weighted by Gasteiger charge is -2.07. The fraction of sp³-hybridized carbons (Fsp3) is 0.0909. The van der Waals surface area contributed by atoms with Crippen molar-refractivity contribution in [3.05, 3.63) is 44.1 Å². The van der Waals surface area contributed by atoms with E-state index in [1.165, 1.54) is 18.2 Å². The number of hydrogen-bond donors (Lipinski definition) is 0. The first-order chi connectivity index (χ1) is 8.04. The molecule has 1 aromatic carbocycles. The average Bonchev–Trinajstić information content (AvgIpc) is 2.25. The van der Waals surface area contributed by atoms with Crippen LogP contribution < -0.4 is 4.74 Å². The van der Waals surface area contributed by atoms with Crippen LogP contribution in [0.1, 0.15) is 5.56 Å². The highest BCUT2D eigenvalue weighted by Gasteiger charge is 2.08. The molecule has 0 aliphatic rings. The van der Waals surface area contributed by atoms with E-state index in [1.807, 2.05) is 0 Å². The summed E-state index contributed by atoms with van der Waals surface area (Å²) in [7, 11) is 0. The van der Waals surface area contributed by atoms with Crippen molar-refractivity contribution in [1.29, 1.82) is 0 Å². The van der Waals surface area contributed by atoms with E-state index < -0.39 is 4.92 Å². The van der Waals surface area contributed by atoms with Gasteiger partial charge in [0.1, 0.15) is 6.61 Å². The van der Waals surface area contributed by atoms with Crippen molar-refractivity contribution in [2.45, 2.75) is 0 Å². The maximum Gasteiger partial charge on any atom is 0.235 e. The second-order valence-corrected chi connectivity index (χ2v) is 3.72. The lowest BCUT2D eigenvalue weighted by Crippen LogP contribution is -1.95. The van der Waals surface area contributed by atoms with Gasteiger partial charge >= 0.3 is 0 Å². The topological polar surface area (TPSA) is 52.4 Å². The zero-order valence-corrected chi connectivity index (χ0v) is 10.0. The summed E-state index contributed by atoms with van der Waals surface area (Å²) in [6, 6.07) is 3.00. The lowest BCUT2D eigenvalue weighted by atomic mass is 10.2. The number of benzene rings is 1. The van der Waals surface area contributed by atoms with E-state index in [0.29, 0.717) is 5.56 Å². The maximum atomic E-state index is 10.2. The molecular formula is C11H7Cl2NO3. The second-order valence-electron chi connectivity index (χ2n) is 2.91. The van der Waals surface area contributed by atoms with E-state index in [0.717, 1.165) is 6.20 Å². The molecule has 0 aliphatic carbocycles. The number of nitrogens with zero attached hydrogens (tertiary/aromatic N) is 1. The number of halogens is 2. The molecule has 0 aromatic heterocycles. The van der Waals surface area contributed by atoms with Gasteiger partial charge in [-0.1, -0.05) is 29.1 Å². The van der Waals surface area contributed by atoms with Gasteiger partial charge in [0.15, 0.2) is 5.75 Å². The first-order valence-electron chi connectivity index (χ1n) is 4.41. The minimum Gasteiger partial charge on any atom is -0.478 e. The zero-order valence-electron chi connectivity index (χ0n) is 8.52. The molecule has 0 unspecified atom stereocenters. The molecule has 0 saturated heterocycles. The first-order valence-corrected chi connectivity index (χ1v) is 5.17. The van der Waals surface area contributed by atoms with E-state index in [2.05, 4.69) is 5.92 Å². The molecule has 0 atom stereocenters. The SMILES string of the molecule is C#CCOc1c(Cl)cc(C=C[N+](=O)[O-])cc1Cl. The molecular weight excluding hydrogens is 265 g/mol. The Morgan fingerprint density at radius 1 is 1.47 bits per heavy atom. The van der Waals surface area contributed by atoms with Crippen molar-refractivity contribution in [2.24, 2.45) is 0 Å². The first kappa shape index (κ1) is 13.4. The molecule has 0 heterocycles. The van der Waals surface area contributed by atoms with Gasteiger partial charge in [-0.25, -0.2) is 0 Å². The van der Waals surface area contributed by atoms with Crippen LogP contribution in [0, 0.1) is 22.5 Å². The largest absolute Gasteiger partial charge is 0.478 e. The van der Waals surface area contributed by atoms with Crippen molar-refractivity contribution >= 4 is 29.3 Å². The van der Waals surface area contributed by atoms with Crippen molar-refractivity contribution in [3.8, 4) is 18.1 Å². The summed E-state index contributed by atoms with van der Waals surface area (Å²) < 4.78 is 5.14. The Labute approximate surface area is 108 Å². The third-order valence-corrected chi connectivity index (χ3v) is 2.27. The molecule has 0 saturated carbocycles. The Hall–Kier alpha value is -1.70. The van der Waals surface area contributed by atoms with Gasteiger partial charge in [0, 0.05) is 6.08 Å². The van der Waals surface area contributed by atoms with E-state index in [4.69, 9.17) is 34.4 Å². The molecule has 1 aromatic rings. The summed E-state index contributed by atoms with van der Waals surface area (Å²) in [4.78, 5) is 9.58. The molecule has 88 valence electrons.